The van der Waals surface area contributed by atoms with Gasteiger partial charge in [0.1, 0.15) is 0 Å². The van der Waals surface area contributed by atoms with E-state index in [1.807, 2.05) is 36.3 Å². The molecule has 1 aliphatic rings. The first kappa shape index (κ1) is 14.0. The molecule has 1 aromatic heterocycles. The summed E-state index contributed by atoms with van der Waals surface area (Å²) in [6.07, 6.45) is 4.04. The van der Waals surface area contributed by atoms with E-state index in [1.54, 1.807) is 12.1 Å². The van der Waals surface area contributed by atoms with Crippen LogP contribution in [0.2, 0.25) is 5.02 Å². The number of carbonyl (C=O) groups excluding carboxylic acids is 1. The predicted molar refractivity (Wildman–Crippen MR) is 84.6 cm³/mol. The summed E-state index contributed by atoms with van der Waals surface area (Å²) in [4.78, 5) is 14.4. The van der Waals surface area contributed by atoms with E-state index in [2.05, 4.69) is 16.0 Å². The van der Waals surface area contributed by atoms with Gasteiger partial charge in [-0.25, -0.2) is 4.79 Å². The number of nitrogens with zero attached hydrogens (tertiary/aromatic N) is 2. The maximum absolute atomic E-state index is 12.5. The standard InChI is InChI=1S/C16H18ClN3O/c1-19-9-3-7-14(19)15-8-4-10-20(15)16(21)18-13-6-2-5-12(17)11-13/h2-3,5-7,9,11,15H,4,8,10H2,1H3,(H,18,21)/t15-/m1/s1. The van der Waals surface area contributed by atoms with Crippen LogP contribution in [0.1, 0.15) is 24.6 Å². The van der Waals surface area contributed by atoms with Gasteiger partial charge in [-0.2, -0.15) is 0 Å². The van der Waals surface area contributed by atoms with Gasteiger partial charge in [0.15, 0.2) is 0 Å². The molecule has 1 fully saturated rings. The molecule has 5 heteroatoms. The first-order valence-corrected chi connectivity index (χ1v) is 7.47. The van der Waals surface area contributed by atoms with Crippen molar-refractivity contribution in [1.29, 1.82) is 0 Å². The highest BCUT2D eigenvalue weighted by molar-refractivity contribution is 6.30. The third-order valence-electron chi connectivity index (χ3n) is 3.91. The molecule has 3 rings (SSSR count). The van der Waals surface area contributed by atoms with Gasteiger partial charge in [-0.1, -0.05) is 17.7 Å². The zero-order valence-electron chi connectivity index (χ0n) is 11.9. The number of nitrogens with one attached hydrogen (secondary N) is 1. The van der Waals surface area contributed by atoms with Crippen LogP contribution < -0.4 is 5.32 Å². The summed E-state index contributed by atoms with van der Waals surface area (Å²) in [6, 6.07) is 11.4. The molecule has 1 aliphatic heterocycles. The fraction of sp³-hybridized carbons (Fsp3) is 0.312. The fourth-order valence-corrected chi connectivity index (χ4v) is 3.09. The molecule has 0 spiro atoms. The number of urea groups is 1. The number of carbonyl (C=O) groups is 1. The zero-order chi connectivity index (χ0) is 14.8. The van der Waals surface area contributed by atoms with Gasteiger partial charge in [-0.3, -0.25) is 0 Å². The SMILES string of the molecule is Cn1cccc1[C@H]1CCCN1C(=O)Nc1cccc(Cl)c1. The van der Waals surface area contributed by atoms with Crippen molar-refractivity contribution >= 4 is 23.3 Å². The Morgan fingerprint density at radius 1 is 1.33 bits per heavy atom. The van der Waals surface area contributed by atoms with Gasteiger partial charge in [-0.15, -0.1) is 0 Å². The Bertz CT molecular complexity index is 652. The third-order valence-corrected chi connectivity index (χ3v) is 4.15. The topological polar surface area (TPSA) is 37.3 Å². The smallest absolute Gasteiger partial charge is 0.322 e. The van der Waals surface area contributed by atoms with Crippen molar-refractivity contribution in [2.45, 2.75) is 18.9 Å². The zero-order valence-corrected chi connectivity index (χ0v) is 12.7. The molecule has 0 bridgehead atoms. The molecule has 1 N–H and O–H groups in total. The largest absolute Gasteiger partial charge is 0.353 e. The van der Waals surface area contributed by atoms with Gasteiger partial charge < -0.3 is 14.8 Å². The van der Waals surface area contributed by atoms with Gasteiger partial charge in [0.25, 0.3) is 0 Å². The molecule has 1 atom stereocenters. The van der Waals surface area contributed by atoms with Crippen LogP contribution in [-0.4, -0.2) is 22.0 Å². The number of benzene rings is 1. The maximum Gasteiger partial charge on any atom is 0.322 e. The van der Waals surface area contributed by atoms with Crippen LogP contribution in [0, 0.1) is 0 Å². The number of likely N-dealkylation sites (tertiary alicyclic amines) is 1. The van der Waals surface area contributed by atoms with E-state index in [0.717, 1.165) is 25.1 Å². The molecule has 0 saturated carbocycles. The average Bonchev–Trinajstić information content (AvgIpc) is 3.06. The van der Waals surface area contributed by atoms with E-state index in [9.17, 15) is 4.79 Å². The second-order valence-corrected chi connectivity index (χ2v) is 5.77. The minimum Gasteiger partial charge on any atom is -0.353 e. The monoisotopic (exact) mass is 303 g/mol. The second-order valence-electron chi connectivity index (χ2n) is 5.34. The average molecular weight is 304 g/mol. The molecule has 0 aliphatic carbocycles. The fourth-order valence-electron chi connectivity index (χ4n) is 2.90. The highest BCUT2D eigenvalue weighted by Crippen LogP contribution is 2.32. The minimum absolute atomic E-state index is 0.0685. The Labute approximate surface area is 129 Å². The molecular weight excluding hydrogens is 286 g/mol. The summed E-state index contributed by atoms with van der Waals surface area (Å²) in [7, 11) is 2.01. The number of halogens is 1. The van der Waals surface area contributed by atoms with Crippen molar-refractivity contribution in [2.24, 2.45) is 7.05 Å². The van der Waals surface area contributed by atoms with Gasteiger partial charge in [0.2, 0.25) is 0 Å². The first-order chi connectivity index (χ1) is 10.1. The van der Waals surface area contributed by atoms with E-state index < -0.39 is 0 Å². The summed E-state index contributed by atoms with van der Waals surface area (Å²) in [6.45, 7) is 0.780. The Kier molecular flexibility index (Phi) is 3.88. The number of anilines is 1. The van der Waals surface area contributed by atoms with E-state index in [4.69, 9.17) is 11.6 Å². The molecule has 2 amide bonds. The lowest BCUT2D eigenvalue weighted by Crippen LogP contribution is -2.35. The highest BCUT2D eigenvalue weighted by Gasteiger charge is 2.31. The Morgan fingerprint density at radius 3 is 2.90 bits per heavy atom. The molecule has 2 heterocycles. The quantitative estimate of drug-likeness (QED) is 0.893. The Hall–Kier alpha value is -1.94. The van der Waals surface area contributed by atoms with Crippen molar-refractivity contribution in [3.63, 3.8) is 0 Å². The van der Waals surface area contributed by atoms with Crippen molar-refractivity contribution in [3.8, 4) is 0 Å². The highest BCUT2D eigenvalue weighted by atomic mass is 35.5. The van der Waals surface area contributed by atoms with Gasteiger partial charge in [0.05, 0.1) is 6.04 Å². The lowest BCUT2D eigenvalue weighted by Gasteiger charge is -2.25. The Morgan fingerprint density at radius 2 is 2.19 bits per heavy atom. The molecule has 0 unspecified atom stereocenters. The van der Waals surface area contributed by atoms with Crippen molar-refractivity contribution in [3.05, 3.63) is 53.3 Å². The van der Waals surface area contributed by atoms with Crippen LogP contribution in [0.25, 0.3) is 0 Å². The van der Waals surface area contributed by atoms with E-state index in [-0.39, 0.29) is 12.1 Å². The van der Waals surface area contributed by atoms with Crippen LogP contribution in [0.4, 0.5) is 10.5 Å². The summed E-state index contributed by atoms with van der Waals surface area (Å²) < 4.78 is 2.08. The molecule has 4 nitrogen and oxygen atoms in total. The predicted octanol–water partition coefficient (Wildman–Crippen LogP) is 4.05. The Balaban J connectivity index is 1.76. The second kappa shape index (κ2) is 5.82. The number of aromatic nitrogens is 1. The van der Waals surface area contributed by atoms with E-state index in [0.29, 0.717) is 5.02 Å². The number of hydrogen-bond acceptors (Lipinski definition) is 1. The summed E-state index contributed by atoms with van der Waals surface area (Å²) >= 11 is 5.95. The number of amides is 2. The van der Waals surface area contributed by atoms with Crippen molar-refractivity contribution < 1.29 is 4.79 Å². The lowest BCUT2D eigenvalue weighted by molar-refractivity contribution is 0.205. The molecule has 1 saturated heterocycles. The molecule has 21 heavy (non-hydrogen) atoms. The molecule has 2 aromatic rings. The van der Waals surface area contributed by atoms with Crippen LogP contribution in [0.3, 0.4) is 0 Å². The number of aryl methyl sites for hydroxylation is 1. The number of hydrogen-bond donors (Lipinski definition) is 1. The van der Waals surface area contributed by atoms with E-state index in [1.165, 1.54) is 5.69 Å². The summed E-state index contributed by atoms with van der Waals surface area (Å²) in [5.74, 6) is 0. The van der Waals surface area contributed by atoms with Crippen molar-refractivity contribution in [2.75, 3.05) is 11.9 Å². The number of rotatable bonds is 2. The summed E-state index contributed by atoms with van der Waals surface area (Å²) in [5, 5.41) is 3.55. The van der Waals surface area contributed by atoms with Gasteiger partial charge in [0, 0.05) is 36.2 Å². The van der Waals surface area contributed by atoms with Crippen LogP contribution in [0.15, 0.2) is 42.6 Å². The molecular formula is C16H18ClN3O. The van der Waals surface area contributed by atoms with Gasteiger partial charge in [-0.05, 0) is 43.2 Å². The molecule has 0 radical (unpaired) electrons. The van der Waals surface area contributed by atoms with Crippen molar-refractivity contribution in [1.82, 2.24) is 9.47 Å². The van der Waals surface area contributed by atoms with E-state index >= 15 is 0 Å². The molecule has 110 valence electrons. The maximum atomic E-state index is 12.5. The molecule has 1 aromatic carbocycles. The normalized spacial score (nSPS) is 18.0. The van der Waals surface area contributed by atoms with Crippen LogP contribution in [0.5, 0.6) is 0 Å². The first-order valence-electron chi connectivity index (χ1n) is 7.09. The van der Waals surface area contributed by atoms with Gasteiger partial charge >= 0.3 is 6.03 Å². The third kappa shape index (κ3) is 2.90. The summed E-state index contributed by atoms with van der Waals surface area (Å²) in [5.41, 5.74) is 1.90. The lowest BCUT2D eigenvalue weighted by atomic mass is 10.1. The minimum atomic E-state index is -0.0685. The van der Waals surface area contributed by atoms with Crippen LogP contribution >= 0.6 is 11.6 Å². The van der Waals surface area contributed by atoms with Crippen LogP contribution in [-0.2, 0) is 7.05 Å².